The molecule has 3 atom stereocenters. The van der Waals surface area contributed by atoms with Gasteiger partial charge in [0.2, 0.25) is 0 Å². The molecule has 1 aliphatic heterocycles. The predicted octanol–water partition coefficient (Wildman–Crippen LogP) is 2.00. The van der Waals surface area contributed by atoms with Gasteiger partial charge in [0.1, 0.15) is 0 Å². The zero-order chi connectivity index (χ0) is 12.8. The molecule has 18 heavy (non-hydrogen) atoms. The van der Waals surface area contributed by atoms with Crippen LogP contribution in [0.1, 0.15) is 51.9 Å². The van der Waals surface area contributed by atoms with E-state index in [1.165, 1.54) is 51.5 Å². The molecule has 3 heteroatoms. The summed E-state index contributed by atoms with van der Waals surface area (Å²) in [5, 5.41) is 12.9. The number of aliphatic hydroxyl groups is 1. The molecule has 1 saturated carbocycles. The van der Waals surface area contributed by atoms with Gasteiger partial charge >= 0.3 is 0 Å². The Balaban J connectivity index is 1.86. The summed E-state index contributed by atoms with van der Waals surface area (Å²) in [6.07, 6.45) is 9.41. The summed E-state index contributed by atoms with van der Waals surface area (Å²) in [7, 11) is 0. The van der Waals surface area contributed by atoms with Gasteiger partial charge in [0.15, 0.2) is 0 Å². The van der Waals surface area contributed by atoms with E-state index in [0.717, 1.165) is 19.0 Å². The maximum atomic E-state index is 9.30. The third kappa shape index (κ3) is 4.22. The van der Waals surface area contributed by atoms with Crippen molar-refractivity contribution in [3.05, 3.63) is 0 Å². The number of nitrogens with zero attached hydrogens (tertiary/aromatic N) is 1. The summed E-state index contributed by atoms with van der Waals surface area (Å²) < 4.78 is 0. The van der Waals surface area contributed by atoms with E-state index in [1.807, 2.05) is 0 Å². The molecule has 1 aliphatic carbocycles. The predicted molar refractivity (Wildman–Crippen MR) is 75.7 cm³/mol. The molecule has 0 bridgehead atoms. The molecule has 0 aromatic rings. The van der Waals surface area contributed by atoms with Gasteiger partial charge in [-0.3, -0.25) is 4.90 Å². The van der Waals surface area contributed by atoms with Crippen molar-refractivity contribution in [1.82, 2.24) is 10.2 Å². The standard InChI is InChI=1S/C15H30N2O/c1-13-4-2-6-15(8-7-13)17(10-11-18)12-14-5-3-9-16-14/h13-16,18H,2-12H2,1H3. The van der Waals surface area contributed by atoms with E-state index in [0.29, 0.717) is 18.7 Å². The maximum absolute atomic E-state index is 9.30. The quantitative estimate of drug-likeness (QED) is 0.737. The smallest absolute Gasteiger partial charge is 0.0558 e. The molecule has 1 saturated heterocycles. The van der Waals surface area contributed by atoms with Crippen LogP contribution in [0.25, 0.3) is 0 Å². The van der Waals surface area contributed by atoms with Crippen LogP contribution in [-0.4, -0.2) is 48.3 Å². The van der Waals surface area contributed by atoms with Gasteiger partial charge in [-0.05, 0) is 44.6 Å². The average Bonchev–Trinajstić information content (AvgIpc) is 2.77. The van der Waals surface area contributed by atoms with Crippen molar-refractivity contribution in [3.8, 4) is 0 Å². The molecule has 0 aromatic heterocycles. The Morgan fingerprint density at radius 3 is 2.72 bits per heavy atom. The zero-order valence-corrected chi connectivity index (χ0v) is 11.9. The molecule has 2 fully saturated rings. The Kier molecular flexibility index (Phi) is 5.93. The monoisotopic (exact) mass is 254 g/mol. The van der Waals surface area contributed by atoms with E-state index >= 15 is 0 Å². The zero-order valence-electron chi connectivity index (χ0n) is 11.9. The summed E-state index contributed by atoms with van der Waals surface area (Å²) in [6.45, 7) is 5.87. The van der Waals surface area contributed by atoms with Gasteiger partial charge in [0.05, 0.1) is 6.61 Å². The molecule has 2 rings (SSSR count). The van der Waals surface area contributed by atoms with Crippen molar-refractivity contribution >= 4 is 0 Å². The van der Waals surface area contributed by atoms with Crippen LogP contribution in [0.4, 0.5) is 0 Å². The third-order valence-electron chi connectivity index (χ3n) is 4.75. The van der Waals surface area contributed by atoms with Gasteiger partial charge in [-0.15, -0.1) is 0 Å². The number of nitrogens with one attached hydrogen (secondary N) is 1. The van der Waals surface area contributed by atoms with Gasteiger partial charge < -0.3 is 10.4 Å². The minimum atomic E-state index is 0.304. The lowest BCUT2D eigenvalue weighted by Crippen LogP contribution is -2.44. The minimum absolute atomic E-state index is 0.304. The first kappa shape index (κ1) is 14.3. The lowest BCUT2D eigenvalue weighted by molar-refractivity contribution is 0.128. The molecule has 0 amide bonds. The van der Waals surface area contributed by atoms with Gasteiger partial charge in [-0.25, -0.2) is 0 Å². The van der Waals surface area contributed by atoms with E-state index < -0.39 is 0 Å². The highest BCUT2D eigenvalue weighted by Crippen LogP contribution is 2.26. The van der Waals surface area contributed by atoms with E-state index in [4.69, 9.17) is 0 Å². The molecule has 0 aromatic carbocycles. The van der Waals surface area contributed by atoms with Crippen LogP contribution in [0.2, 0.25) is 0 Å². The first-order valence-corrected chi connectivity index (χ1v) is 7.88. The molecule has 0 radical (unpaired) electrons. The van der Waals surface area contributed by atoms with Crippen molar-refractivity contribution in [2.45, 2.75) is 64.0 Å². The lowest BCUT2D eigenvalue weighted by atomic mass is 10.0. The highest BCUT2D eigenvalue weighted by Gasteiger charge is 2.25. The molecule has 3 nitrogen and oxygen atoms in total. The first-order chi connectivity index (χ1) is 8.79. The molecule has 2 aliphatic rings. The Morgan fingerprint density at radius 2 is 2.00 bits per heavy atom. The van der Waals surface area contributed by atoms with Crippen LogP contribution in [0, 0.1) is 5.92 Å². The van der Waals surface area contributed by atoms with E-state index in [2.05, 4.69) is 17.1 Å². The Labute approximate surface area is 112 Å². The van der Waals surface area contributed by atoms with Crippen molar-refractivity contribution in [3.63, 3.8) is 0 Å². The molecule has 0 spiro atoms. The van der Waals surface area contributed by atoms with Crippen LogP contribution in [0.15, 0.2) is 0 Å². The summed E-state index contributed by atoms with van der Waals surface area (Å²) >= 11 is 0. The van der Waals surface area contributed by atoms with Gasteiger partial charge in [-0.2, -0.15) is 0 Å². The average molecular weight is 254 g/mol. The van der Waals surface area contributed by atoms with E-state index in [9.17, 15) is 5.11 Å². The largest absolute Gasteiger partial charge is 0.395 e. The SMILES string of the molecule is CC1CCCC(N(CCO)CC2CCCN2)CC1. The highest BCUT2D eigenvalue weighted by atomic mass is 16.3. The first-order valence-electron chi connectivity index (χ1n) is 7.88. The normalized spacial score (nSPS) is 33.8. The number of hydrogen-bond acceptors (Lipinski definition) is 3. The van der Waals surface area contributed by atoms with E-state index in [-0.39, 0.29) is 0 Å². The summed E-state index contributed by atoms with van der Waals surface area (Å²) in [5.41, 5.74) is 0. The summed E-state index contributed by atoms with van der Waals surface area (Å²) in [5.74, 6) is 0.899. The fourth-order valence-corrected chi connectivity index (χ4v) is 3.58. The molecule has 2 N–H and O–H groups in total. The summed E-state index contributed by atoms with van der Waals surface area (Å²) in [6, 6.07) is 1.38. The fraction of sp³-hybridized carbons (Fsp3) is 1.00. The second kappa shape index (κ2) is 7.46. The van der Waals surface area contributed by atoms with Crippen LogP contribution in [-0.2, 0) is 0 Å². The maximum Gasteiger partial charge on any atom is 0.0558 e. The van der Waals surface area contributed by atoms with Crippen molar-refractivity contribution in [2.75, 3.05) is 26.2 Å². The number of hydrogen-bond donors (Lipinski definition) is 2. The molecule has 3 unspecified atom stereocenters. The minimum Gasteiger partial charge on any atom is -0.395 e. The highest BCUT2D eigenvalue weighted by molar-refractivity contribution is 4.83. The Bertz CT molecular complexity index is 229. The van der Waals surface area contributed by atoms with Crippen molar-refractivity contribution < 1.29 is 5.11 Å². The molecule has 1 heterocycles. The fourth-order valence-electron chi connectivity index (χ4n) is 3.58. The van der Waals surface area contributed by atoms with Gasteiger partial charge in [0, 0.05) is 25.2 Å². The Morgan fingerprint density at radius 1 is 1.11 bits per heavy atom. The van der Waals surface area contributed by atoms with Gasteiger partial charge in [0.25, 0.3) is 0 Å². The third-order valence-corrected chi connectivity index (χ3v) is 4.75. The summed E-state index contributed by atoms with van der Waals surface area (Å²) in [4.78, 5) is 2.56. The van der Waals surface area contributed by atoms with E-state index in [1.54, 1.807) is 0 Å². The second-order valence-corrected chi connectivity index (χ2v) is 6.28. The molecular formula is C15H30N2O. The Hall–Kier alpha value is -0.120. The van der Waals surface area contributed by atoms with Crippen molar-refractivity contribution in [2.24, 2.45) is 5.92 Å². The lowest BCUT2D eigenvalue weighted by Gasteiger charge is -2.32. The molecular weight excluding hydrogens is 224 g/mol. The van der Waals surface area contributed by atoms with Crippen molar-refractivity contribution in [1.29, 1.82) is 0 Å². The van der Waals surface area contributed by atoms with Crippen LogP contribution < -0.4 is 5.32 Å². The van der Waals surface area contributed by atoms with Crippen LogP contribution >= 0.6 is 0 Å². The van der Waals surface area contributed by atoms with Crippen LogP contribution in [0.3, 0.4) is 0 Å². The van der Waals surface area contributed by atoms with Crippen LogP contribution in [0.5, 0.6) is 0 Å². The number of rotatable bonds is 5. The number of aliphatic hydroxyl groups excluding tert-OH is 1. The second-order valence-electron chi connectivity index (χ2n) is 6.28. The topological polar surface area (TPSA) is 35.5 Å². The molecule has 106 valence electrons. The van der Waals surface area contributed by atoms with Gasteiger partial charge in [-0.1, -0.05) is 19.8 Å².